The van der Waals surface area contributed by atoms with Crippen molar-refractivity contribution in [2.75, 3.05) is 20.8 Å². The molecule has 0 radical (unpaired) electrons. The Morgan fingerprint density at radius 3 is 2.32 bits per heavy atom. The van der Waals surface area contributed by atoms with E-state index in [1.54, 1.807) is 42.7 Å². The number of hydrogen-bond acceptors (Lipinski definition) is 7. The molecule has 4 rings (SSSR count). The molecule has 1 unspecified atom stereocenters. The molecule has 1 fully saturated rings. The number of methoxy groups -OCH3 is 2. The van der Waals surface area contributed by atoms with E-state index in [1.807, 2.05) is 24.3 Å². The van der Waals surface area contributed by atoms with Crippen molar-refractivity contribution in [1.82, 2.24) is 9.88 Å². The standard InChI is InChI=1S/C29H30N2O6/c1-4-5-16-37-22-9-6-20(7-10-22)26-25(27(32)21-8-11-23(35-2)24(17-21)36-3)28(33)29(34)31(26)18-19-12-14-30-15-13-19/h6-15,17,26,32H,4-5,16,18H2,1-3H3/b27-25-. The molecule has 2 heterocycles. The maximum absolute atomic E-state index is 13.3. The number of carbonyl (C=O) groups excluding carboxylic acids is 2. The lowest BCUT2D eigenvalue weighted by atomic mass is 9.95. The monoisotopic (exact) mass is 502 g/mol. The molecule has 1 aliphatic rings. The number of amides is 1. The minimum absolute atomic E-state index is 0.00549. The molecule has 2 aromatic carbocycles. The second kappa shape index (κ2) is 11.6. The zero-order valence-electron chi connectivity index (χ0n) is 21.1. The molecule has 1 aliphatic heterocycles. The summed E-state index contributed by atoms with van der Waals surface area (Å²) in [6, 6.07) is 14.9. The number of benzene rings is 2. The zero-order valence-corrected chi connectivity index (χ0v) is 21.1. The largest absolute Gasteiger partial charge is 0.507 e. The molecule has 8 nitrogen and oxygen atoms in total. The van der Waals surface area contributed by atoms with Crippen LogP contribution in [0.1, 0.15) is 42.5 Å². The van der Waals surface area contributed by atoms with Crippen molar-refractivity contribution >= 4 is 17.4 Å². The third kappa shape index (κ3) is 5.43. The number of Topliss-reactive ketones (excluding diaryl/α,β-unsaturated/α-hetero) is 1. The van der Waals surface area contributed by atoms with Crippen molar-refractivity contribution in [3.8, 4) is 17.2 Å². The van der Waals surface area contributed by atoms with E-state index in [9.17, 15) is 14.7 Å². The summed E-state index contributed by atoms with van der Waals surface area (Å²) < 4.78 is 16.4. The lowest BCUT2D eigenvalue weighted by molar-refractivity contribution is -0.140. The van der Waals surface area contributed by atoms with Crippen LogP contribution in [0.5, 0.6) is 17.2 Å². The molecule has 192 valence electrons. The summed E-state index contributed by atoms with van der Waals surface area (Å²) in [6.45, 7) is 2.88. The van der Waals surface area contributed by atoms with Gasteiger partial charge in [-0.1, -0.05) is 25.5 Å². The lowest BCUT2D eigenvalue weighted by Crippen LogP contribution is -2.29. The van der Waals surface area contributed by atoms with Crippen molar-refractivity contribution in [1.29, 1.82) is 0 Å². The maximum atomic E-state index is 13.3. The van der Waals surface area contributed by atoms with E-state index < -0.39 is 17.7 Å². The number of rotatable bonds is 10. The van der Waals surface area contributed by atoms with Gasteiger partial charge in [-0.25, -0.2) is 0 Å². The van der Waals surface area contributed by atoms with Gasteiger partial charge in [-0.15, -0.1) is 0 Å². The summed E-state index contributed by atoms with van der Waals surface area (Å²) in [7, 11) is 3.00. The highest BCUT2D eigenvalue weighted by molar-refractivity contribution is 6.46. The molecular formula is C29H30N2O6. The molecule has 1 N–H and O–H groups in total. The highest BCUT2D eigenvalue weighted by Gasteiger charge is 2.46. The van der Waals surface area contributed by atoms with E-state index in [1.165, 1.54) is 19.1 Å². The van der Waals surface area contributed by atoms with Crippen LogP contribution in [0.2, 0.25) is 0 Å². The maximum Gasteiger partial charge on any atom is 0.295 e. The van der Waals surface area contributed by atoms with Gasteiger partial charge in [0, 0.05) is 24.5 Å². The Morgan fingerprint density at radius 1 is 0.973 bits per heavy atom. The fourth-order valence-electron chi connectivity index (χ4n) is 4.29. The Bertz CT molecular complexity index is 1290. The first kappa shape index (κ1) is 25.8. The Hall–Kier alpha value is -4.33. The van der Waals surface area contributed by atoms with Crippen molar-refractivity contribution in [2.45, 2.75) is 32.4 Å². The smallest absolute Gasteiger partial charge is 0.295 e. The second-order valence-electron chi connectivity index (χ2n) is 8.62. The molecule has 0 saturated carbocycles. The Balaban J connectivity index is 1.79. The highest BCUT2D eigenvalue weighted by atomic mass is 16.5. The molecule has 1 aromatic heterocycles. The highest BCUT2D eigenvalue weighted by Crippen LogP contribution is 2.41. The number of ketones is 1. The first-order valence-electron chi connectivity index (χ1n) is 12.1. The second-order valence-corrected chi connectivity index (χ2v) is 8.62. The van der Waals surface area contributed by atoms with Gasteiger partial charge in [0.2, 0.25) is 0 Å². The van der Waals surface area contributed by atoms with E-state index in [4.69, 9.17) is 14.2 Å². The fourth-order valence-corrected chi connectivity index (χ4v) is 4.29. The average Bonchev–Trinajstić information content (AvgIpc) is 3.18. The number of pyridine rings is 1. The summed E-state index contributed by atoms with van der Waals surface area (Å²) in [5, 5.41) is 11.4. The number of ether oxygens (including phenoxy) is 3. The van der Waals surface area contributed by atoms with E-state index in [0.717, 1.165) is 18.4 Å². The van der Waals surface area contributed by atoms with Crippen molar-refractivity contribution in [3.05, 3.63) is 89.3 Å². The van der Waals surface area contributed by atoms with Gasteiger partial charge in [0.25, 0.3) is 11.7 Å². The number of hydrogen-bond donors (Lipinski definition) is 1. The van der Waals surface area contributed by atoms with E-state index in [0.29, 0.717) is 35.0 Å². The van der Waals surface area contributed by atoms with Gasteiger partial charge < -0.3 is 24.2 Å². The number of carbonyl (C=O) groups is 2. The van der Waals surface area contributed by atoms with Crippen molar-refractivity contribution < 1.29 is 28.9 Å². The van der Waals surface area contributed by atoms with Crippen LogP contribution in [0.3, 0.4) is 0 Å². The Kier molecular flexibility index (Phi) is 8.08. The number of likely N-dealkylation sites (tertiary alicyclic amines) is 1. The molecule has 0 aliphatic carbocycles. The average molecular weight is 503 g/mol. The predicted molar refractivity (Wildman–Crippen MR) is 138 cm³/mol. The van der Waals surface area contributed by atoms with Crippen LogP contribution in [-0.4, -0.2) is 47.5 Å². The number of aliphatic hydroxyl groups excluding tert-OH is 1. The summed E-state index contributed by atoms with van der Waals surface area (Å²) in [6.07, 6.45) is 5.23. The molecule has 1 amide bonds. The Labute approximate surface area is 216 Å². The van der Waals surface area contributed by atoms with Crippen LogP contribution in [0.25, 0.3) is 5.76 Å². The van der Waals surface area contributed by atoms with Gasteiger partial charge >= 0.3 is 0 Å². The topological polar surface area (TPSA) is 98.2 Å². The van der Waals surface area contributed by atoms with Crippen LogP contribution in [-0.2, 0) is 16.1 Å². The van der Waals surface area contributed by atoms with Crippen LogP contribution >= 0.6 is 0 Å². The van der Waals surface area contributed by atoms with Crippen LogP contribution in [0.4, 0.5) is 0 Å². The third-order valence-electron chi connectivity index (χ3n) is 6.26. The van der Waals surface area contributed by atoms with Gasteiger partial charge in [0.1, 0.15) is 11.5 Å². The molecule has 3 aromatic rings. The van der Waals surface area contributed by atoms with Gasteiger partial charge in [-0.2, -0.15) is 0 Å². The fraction of sp³-hybridized carbons (Fsp3) is 0.276. The molecule has 0 bridgehead atoms. The SMILES string of the molecule is CCCCOc1ccc(C2/C(=C(/O)c3ccc(OC)c(OC)c3)C(=O)C(=O)N2Cc2ccncc2)cc1. The van der Waals surface area contributed by atoms with Crippen LogP contribution in [0, 0.1) is 0 Å². The number of nitrogens with zero attached hydrogens (tertiary/aromatic N) is 2. The van der Waals surface area contributed by atoms with E-state index in [2.05, 4.69) is 11.9 Å². The normalized spacial score (nSPS) is 16.6. The van der Waals surface area contributed by atoms with Crippen LogP contribution in [0.15, 0.2) is 72.6 Å². The molecule has 8 heteroatoms. The van der Waals surface area contributed by atoms with Crippen molar-refractivity contribution in [2.24, 2.45) is 0 Å². The van der Waals surface area contributed by atoms with Gasteiger partial charge in [-0.05, 0) is 60.0 Å². The summed E-state index contributed by atoms with van der Waals surface area (Å²) in [5.41, 5.74) is 1.83. The Morgan fingerprint density at radius 2 is 1.68 bits per heavy atom. The quantitative estimate of drug-likeness (QED) is 0.182. The summed E-state index contributed by atoms with van der Waals surface area (Å²) in [4.78, 5) is 32.1. The van der Waals surface area contributed by atoms with E-state index >= 15 is 0 Å². The predicted octanol–water partition coefficient (Wildman–Crippen LogP) is 4.90. The molecule has 0 spiro atoms. The van der Waals surface area contributed by atoms with Gasteiger partial charge in [0.05, 0.1) is 32.4 Å². The van der Waals surface area contributed by atoms with Crippen molar-refractivity contribution in [3.63, 3.8) is 0 Å². The molecule has 37 heavy (non-hydrogen) atoms. The van der Waals surface area contributed by atoms with E-state index in [-0.39, 0.29) is 17.9 Å². The number of aliphatic hydroxyl groups is 1. The van der Waals surface area contributed by atoms with Gasteiger partial charge in [0.15, 0.2) is 11.5 Å². The lowest BCUT2D eigenvalue weighted by Gasteiger charge is -2.25. The molecular weight excluding hydrogens is 472 g/mol. The third-order valence-corrected chi connectivity index (χ3v) is 6.26. The number of unbranched alkanes of at least 4 members (excludes halogenated alkanes) is 1. The summed E-state index contributed by atoms with van der Waals surface area (Å²) in [5.74, 6) is -0.162. The first-order chi connectivity index (χ1) is 18.0. The summed E-state index contributed by atoms with van der Waals surface area (Å²) >= 11 is 0. The molecule has 1 saturated heterocycles. The zero-order chi connectivity index (χ0) is 26.4. The minimum Gasteiger partial charge on any atom is -0.507 e. The molecule has 1 atom stereocenters. The van der Waals surface area contributed by atoms with Crippen LogP contribution < -0.4 is 14.2 Å². The van der Waals surface area contributed by atoms with Gasteiger partial charge in [-0.3, -0.25) is 14.6 Å². The first-order valence-corrected chi connectivity index (χ1v) is 12.1. The minimum atomic E-state index is -0.800. The number of aromatic nitrogens is 1.